The molecular formula is C22H16N2O3S2. The zero-order chi connectivity index (χ0) is 20.0. The molecule has 5 nitrogen and oxygen atoms in total. The van der Waals surface area contributed by atoms with Gasteiger partial charge in [0.2, 0.25) is 5.91 Å². The lowest BCUT2D eigenvalue weighted by Gasteiger charge is -2.19. The zero-order valence-electron chi connectivity index (χ0n) is 15.2. The fourth-order valence-corrected chi connectivity index (χ4v) is 6.12. The first-order valence-corrected chi connectivity index (χ1v) is 11.3. The predicted molar refractivity (Wildman–Crippen MR) is 117 cm³/mol. The summed E-state index contributed by atoms with van der Waals surface area (Å²) in [7, 11) is -3.76. The van der Waals surface area contributed by atoms with Crippen LogP contribution in [0.3, 0.4) is 0 Å². The Hall–Kier alpha value is -3.16. The van der Waals surface area contributed by atoms with E-state index in [-0.39, 0.29) is 17.3 Å². The second-order valence-electron chi connectivity index (χ2n) is 6.71. The predicted octanol–water partition coefficient (Wildman–Crippen LogP) is 4.72. The van der Waals surface area contributed by atoms with Crippen LogP contribution in [-0.4, -0.2) is 20.9 Å². The second-order valence-corrected chi connectivity index (χ2v) is 9.49. The summed E-state index contributed by atoms with van der Waals surface area (Å²) in [6, 6.07) is 22.0. The van der Waals surface area contributed by atoms with Gasteiger partial charge in [-0.15, -0.1) is 11.3 Å². The molecule has 0 saturated heterocycles. The van der Waals surface area contributed by atoms with E-state index in [2.05, 4.69) is 5.32 Å². The minimum atomic E-state index is -3.76. The van der Waals surface area contributed by atoms with Crippen LogP contribution in [0.4, 0.5) is 11.4 Å². The molecule has 1 aliphatic heterocycles. The average molecular weight is 421 g/mol. The summed E-state index contributed by atoms with van der Waals surface area (Å²) in [6.07, 6.45) is 0. The molecule has 4 aromatic rings. The van der Waals surface area contributed by atoms with E-state index < -0.39 is 10.0 Å². The summed E-state index contributed by atoms with van der Waals surface area (Å²) in [4.78, 5) is 14.1. The second kappa shape index (κ2) is 6.72. The molecule has 5 rings (SSSR count). The first-order chi connectivity index (χ1) is 14.1. The summed E-state index contributed by atoms with van der Waals surface area (Å²) >= 11 is 1.58. The van der Waals surface area contributed by atoms with Gasteiger partial charge in [0, 0.05) is 21.5 Å². The molecule has 0 unspecified atom stereocenters. The third-order valence-electron chi connectivity index (χ3n) is 4.96. The fourth-order valence-electron chi connectivity index (χ4n) is 3.69. The molecule has 0 spiro atoms. The van der Waals surface area contributed by atoms with Gasteiger partial charge < -0.3 is 5.32 Å². The van der Waals surface area contributed by atoms with Gasteiger partial charge in [-0.05, 0) is 35.0 Å². The number of para-hydroxylation sites is 1. The van der Waals surface area contributed by atoms with Gasteiger partial charge in [0.05, 0.1) is 10.6 Å². The van der Waals surface area contributed by atoms with Crippen molar-refractivity contribution < 1.29 is 13.2 Å². The van der Waals surface area contributed by atoms with Gasteiger partial charge >= 0.3 is 0 Å². The van der Waals surface area contributed by atoms with Crippen LogP contribution in [0.25, 0.3) is 21.2 Å². The minimum absolute atomic E-state index is 0.248. The van der Waals surface area contributed by atoms with Gasteiger partial charge in [-0.2, -0.15) is 0 Å². The average Bonchev–Trinajstić information content (AvgIpc) is 3.32. The molecule has 0 bridgehead atoms. The number of amides is 1. The smallest absolute Gasteiger partial charge is 0.265 e. The van der Waals surface area contributed by atoms with Crippen molar-refractivity contribution in [3.8, 4) is 10.4 Å². The Bertz CT molecular complexity index is 1340. The number of nitrogens with one attached hydrogen (secondary N) is 1. The van der Waals surface area contributed by atoms with Gasteiger partial charge in [-0.25, -0.2) is 8.42 Å². The van der Waals surface area contributed by atoms with Crippen molar-refractivity contribution in [3.63, 3.8) is 0 Å². The first kappa shape index (κ1) is 17.9. The van der Waals surface area contributed by atoms with Crippen LogP contribution in [0.5, 0.6) is 0 Å². The Labute approximate surface area is 172 Å². The number of carbonyl (C=O) groups excluding carboxylic acids is 1. The molecule has 0 radical (unpaired) electrons. The van der Waals surface area contributed by atoms with E-state index in [1.807, 2.05) is 53.9 Å². The van der Waals surface area contributed by atoms with Crippen molar-refractivity contribution in [2.45, 2.75) is 4.90 Å². The van der Waals surface area contributed by atoms with Crippen molar-refractivity contribution in [1.29, 1.82) is 0 Å². The number of thiophene rings is 1. The van der Waals surface area contributed by atoms with Crippen LogP contribution in [0.2, 0.25) is 0 Å². The summed E-state index contributed by atoms with van der Waals surface area (Å²) in [5.41, 5.74) is 2.11. The highest BCUT2D eigenvalue weighted by molar-refractivity contribution is 7.93. The number of sulfonamides is 1. The molecule has 1 aliphatic rings. The van der Waals surface area contributed by atoms with Crippen molar-refractivity contribution >= 4 is 49.4 Å². The van der Waals surface area contributed by atoms with Gasteiger partial charge in [-0.3, -0.25) is 9.10 Å². The molecule has 7 heteroatoms. The maximum absolute atomic E-state index is 13.1. The topological polar surface area (TPSA) is 66.5 Å². The van der Waals surface area contributed by atoms with Crippen LogP contribution in [-0.2, 0) is 14.8 Å². The fraction of sp³-hybridized carbons (Fsp3) is 0.0455. The van der Waals surface area contributed by atoms with Crippen molar-refractivity contribution in [3.05, 3.63) is 78.2 Å². The Morgan fingerprint density at radius 3 is 2.52 bits per heavy atom. The van der Waals surface area contributed by atoms with Crippen molar-refractivity contribution in [1.82, 2.24) is 0 Å². The van der Waals surface area contributed by atoms with Crippen LogP contribution in [0.1, 0.15) is 0 Å². The van der Waals surface area contributed by atoms with Crippen LogP contribution >= 0.6 is 11.3 Å². The maximum Gasteiger partial charge on any atom is 0.265 e. The molecule has 1 aromatic heterocycles. The highest BCUT2D eigenvalue weighted by atomic mass is 32.2. The highest BCUT2D eigenvalue weighted by Gasteiger charge is 2.36. The molecule has 1 amide bonds. The number of benzene rings is 3. The third kappa shape index (κ3) is 2.90. The minimum Gasteiger partial charge on any atom is -0.324 e. The van der Waals surface area contributed by atoms with Gasteiger partial charge in [0.1, 0.15) is 6.54 Å². The largest absolute Gasteiger partial charge is 0.324 e. The molecule has 0 saturated carbocycles. The zero-order valence-corrected chi connectivity index (χ0v) is 16.8. The van der Waals surface area contributed by atoms with E-state index >= 15 is 0 Å². The molecule has 3 aromatic carbocycles. The van der Waals surface area contributed by atoms with Crippen molar-refractivity contribution in [2.75, 3.05) is 16.2 Å². The normalized spacial score (nSPS) is 14.3. The molecule has 0 aliphatic carbocycles. The van der Waals surface area contributed by atoms with E-state index in [4.69, 9.17) is 0 Å². The van der Waals surface area contributed by atoms with Gasteiger partial charge in [0.25, 0.3) is 10.0 Å². The molecular weight excluding hydrogens is 404 g/mol. The molecule has 0 fully saturated rings. The number of hydrogen-bond donors (Lipinski definition) is 1. The van der Waals surface area contributed by atoms with E-state index in [0.29, 0.717) is 16.8 Å². The van der Waals surface area contributed by atoms with Crippen LogP contribution in [0.15, 0.2) is 83.1 Å². The standard InChI is InChI=1S/C22H16N2O3S2/c25-21(23-17-9-2-1-8-16(17)19-11-5-13-28-19)14-24-18-10-3-6-15-7-4-12-20(22(15)18)29(24,26)27/h1-13H,14H2,(H,23,25). The van der Waals surface area contributed by atoms with E-state index in [1.165, 1.54) is 4.31 Å². The Morgan fingerprint density at radius 1 is 0.931 bits per heavy atom. The van der Waals surface area contributed by atoms with E-state index in [1.54, 1.807) is 35.6 Å². The summed E-state index contributed by atoms with van der Waals surface area (Å²) in [5, 5.41) is 6.37. The Kier molecular flexibility index (Phi) is 4.15. The monoisotopic (exact) mass is 420 g/mol. The van der Waals surface area contributed by atoms with Crippen LogP contribution < -0.4 is 9.62 Å². The lowest BCUT2D eigenvalue weighted by molar-refractivity contribution is -0.114. The van der Waals surface area contributed by atoms with E-state index in [9.17, 15) is 13.2 Å². The molecule has 144 valence electrons. The lowest BCUT2D eigenvalue weighted by Crippen LogP contribution is -2.35. The van der Waals surface area contributed by atoms with E-state index in [0.717, 1.165) is 15.8 Å². The highest BCUT2D eigenvalue weighted by Crippen LogP contribution is 2.41. The van der Waals surface area contributed by atoms with Gasteiger partial charge in [0.15, 0.2) is 0 Å². The van der Waals surface area contributed by atoms with Gasteiger partial charge in [-0.1, -0.05) is 48.5 Å². The summed E-state index contributed by atoms with van der Waals surface area (Å²) in [5.74, 6) is -0.387. The number of rotatable bonds is 4. The number of nitrogens with zero attached hydrogens (tertiary/aromatic N) is 1. The lowest BCUT2D eigenvalue weighted by atomic mass is 10.1. The van der Waals surface area contributed by atoms with Crippen molar-refractivity contribution in [2.24, 2.45) is 0 Å². The molecule has 1 N–H and O–H groups in total. The molecule has 0 atom stereocenters. The Morgan fingerprint density at radius 2 is 1.72 bits per heavy atom. The SMILES string of the molecule is O=C(CN1c2cccc3cccc(c23)S1(=O)=O)Nc1ccccc1-c1cccs1. The van der Waals surface area contributed by atoms with Crippen LogP contribution in [0, 0.1) is 0 Å². The number of anilines is 2. The Balaban J connectivity index is 1.47. The summed E-state index contributed by atoms with van der Waals surface area (Å²) in [6.45, 7) is -0.283. The number of carbonyl (C=O) groups is 1. The maximum atomic E-state index is 13.1. The summed E-state index contributed by atoms with van der Waals surface area (Å²) < 4.78 is 27.3. The quantitative estimate of drug-likeness (QED) is 0.520. The molecule has 2 heterocycles. The number of hydrogen-bond acceptors (Lipinski definition) is 4. The third-order valence-corrected chi connectivity index (χ3v) is 7.66. The first-order valence-electron chi connectivity index (χ1n) is 9.03. The molecule has 29 heavy (non-hydrogen) atoms.